The Hall–Kier alpha value is -1.10. The van der Waals surface area contributed by atoms with Crippen molar-refractivity contribution in [3.8, 4) is 0 Å². The lowest BCUT2D eigenvalue weighted by atomic mass is 10.0. The predicted molar refractivity (Wildman–Crippen MR) is 52.0 cm³/mol. The average Bonchev–Trinajstić information content (AvgIpc) is 2.27. The third kappa shape index (κ3) is 3.02. The van der Waals surface area contributed by atoms with Crippen LogP contribution in [0.25, 0.3) is 0 Å². The number of anilines is 1. The highest BCUT2D eigenvalue weighted by Gasteiger charge is 2.12. The Morgan fingerprint density at radius 1 is 1.46 bits per heavy atom. The van der Waals surface area contributed by atoms with E-state index in [9.17, 15) is 0 Å². The SMILES string of the molecule is Cn1nc(CCC(C)(C)N)nc1N. The van der Waals surface area contributed by atoms with E-state index in [-0.39, 0.29) is 5.54 Å². The number of aryl methyl sites for hydroxylation is 2. The summed E-state index contributed by atoms with van der Waals surface area (Å²) in [7, 11) is 1.78. The zero-order valence-electron chi connectivity index (χ0n) is 8.41. The van der Waals surface area contributed by atoms with Crippen LogP contribution in [0.5, 0.6) is 0 Å². The highest BCUT2D eigenvalue weighted by molar-refractivity contribution is 5.15. The first-order chi connectivity index (χ1) is 5.88. The van der Waals surface area contributed by atoms with Crippen LogP contribution in [0.3, 0.4) is 0 Å². The standard InChI is InChI=1S/C8H17N5/c1-8(2,10)5-4-6-11-7(9)13(3)12-6/h4-5,10H2,1-3H3,(H2,9,11,12). The summed E-state index contributed by atoms with van der Waals surface area (Å²) in [5, 5.41) is 4.14. The molecule has 0 spiro atoms. The summed E-state index contributed by atoms with van der Waals surface area (Å²) in [5.74, 6) is 1.21. The maximum Gasteiger partial charge on any atom is 0.218 e. The second kappa shape index (κ2) is 3.33. The Balaban J connectivity index is 2.56. The van der Waals surface area contributed by atoms with Crippen LogP contribution in [0, 0.1) is 0 Å². The first-order valence-electron chi connectivity index (χ1n) is 4.33. The summed E-state index contributed by atoms with van der Waals surface area (Å²) in [5.41, 5.74) is 11.2. The van der Waals surface area contributed by atoms with Gasteiger partial charge in [0.15, 0.2) is 5.82 Å². The number of rotatable bonds is 3. The van der Waals surface area contributed by atoms with Gasteiger partial charge in [0.1, 0.15) is 0 Å². The molecule has 74 valence electrons. The first kappa shape index (κ1) is 9.98. The van der Waals surface area contributed by atoms with Gasteiger partial charge in [-0.15, -0.1) is 0 Å². The predicted octanol–water partition coefficient (Wildman–Crippen LogP) is 0.0672. The Morgan fingerprint density at radius 3 is 2.46 bits per heavy atom. The number of aromatic nitrogens is 3. The molecule has 1 aromatic heterocycles. The molecule has 0 aliphatic carbocycles. The molecule has 1 rings (SSSR count). The van der Waals surface area contributed by atoms with Crippen molar-refractivity contribution in [2.24, 2.45) is 12.8 Å². The Morgan fingerprint density at radius 2 is 2.08 bits per heavy atom. The topological polar surface area (TPSA) is 82.8 Å². The summed E-state index contributed by atoms with van der Waals surface area (Å²) >= 11 is 0. The number of nitrogens with two attached hydrogens (primary N) is 2. The minimum Gasteiger partial charge on any atom is -0.368 e. The molecule has 0 amide bonds. The molecule has 0 saturated heterocycles. The molecular weight excluding hydrogens is 166 g/mol. The van der Waals surface area contributed by atoms with Crippen molar-refractivity contribution in [3.63, 3.8) is 0 Å². The van der Waals surface area contributed by atoms with E-state index in [0.29, 0.717) is 5.95 Å². The second-order valence-electron chi connectivity index (χ2n) is 4.00. The van der Waals surface area contributed by atoms with Gasteiger partial charge in [-0.2, -0.15) is 10.1 Å². The Bertz CT molecular complexity index is 264. The Kier molecular flexibility index (Phi) is 2.56. The van der Waals surface area contributed by atoms with Crippen LogP contribution in [0.15, 0.2) is 0 Å². The number of nitrogens with zero attached hydrogens (tertiary/aromatic N) is 3. The third-order valence-electron chi connectivity index (χ3n) is 1.83. The molecule has 13 heavy (non-hydrogen) atoms. The smallest absolute Gasteiger partial charge is 0.218 e. The summed E-state index contributed by atoms with van der Waals surface area (Å²) in [4.78, 5) is 4.09. The summed E-state index contributed by atoms with van der Waals surface area (Å²) in [6.45, 7) is 3.97. The molecule has 0 unspecified atom stereocenters. The maximum absolute atomic E-state index is 5.83. The van der Waals surface area contributed by atoms with Gasteiger partial charge in [-0.1, -0.05) is 0 Å². The van der Waals surface area contributed by atoms with Crippen molar-refractivity contribution >= 4 is 5.95 Å². The molecule has 0 aromatic carbocycles. The van der Waals surface area contributed by atoms with Crippen LogP contribution >= 0.6 is 0 Å². The molecule has 0 bridgehead atoms. The zero-order chi connectivity index (χ0) is 10.1. The molecule has 1 heterocycles. The van der Waals surface area contributed by atoms with Gasteiger partial charge in [0, 0.05) is 19.0 Å². The van der Waals surface area contributed by atoms with E-state index >= 15 is 0 Å². The lowest BCUT2D eigenvalue weighted by Gasteiger charge is -2.16. The summed E-state index contributed by atoms with van der Waals surface area (Å²) in [6, 6.07) is 0. The molecule has 0 atom stereocenters. The van der Waals surface area contributed by atoms with Crippen molar-refractivity contribution in [2.45, 2.75) is 32.2 Å². The minimum absolute atomic E-state index is 0.173. The highest BCUT2D eigenvalue weighted by Crippen LogP contribution is 2.08. The van der Waals surface area contributed by atoms with Crippen LogP contribution in [-0.4, -0.2) is 20.3 Å². The van der Waals surface area contributed by atoms with Crippen LogP contribution in [-0.2, 0) is 13.5 Å². The lowest BCUT2D eigenvalue weighted by molar-refractivity contribution is 0.470. The van der Waals surface area contributed by atoms with Crippen LogP contribution in [0.4, 0.5) is 5.95 Å². The molecule has 0 saturated carbocycles. The molecule has 5 heteroatoms. The number of hydrogen-bond donors (Lipinski definition) is 2. The normalized spacial score (nSPS) is 12.0. The van der Waals surface area contributed by atoms with Gasteiger partial charge >= 0.3 is 0 Å². The summed E-state index contributed by atoms with van der Waals surface area (Å²) in [6.07, 6.45) is 1.63. The quantitative estimate of drug-likeness (QED) is 0.694. The molecule has 0 fully saturated rings. The van der Waals surface area contributed by atoms with Crippen LogP contribution in [0.1, 0.15) is 26.1 Å². The molecule has 0 aliphatic heterocycles. The van der Waals surface area contributed by atoms with Crippen LogP contribution in [0.2, 0.25) is 0 Å². The van der Waals surface area contributed by atoms with Crippen molar-refractivity contribution in [3.05, 3.63) is 5.82 Å². The largest absolute Gasteiger partial charge is 0.368 e. The van der Waals surface area contributed by atoms with Gasteiger partial charge in [-0.3, -0.25) is 0 Å². The van der Waals surface area contributed by atoms with Gasteiger partial charge in [0.05, 0.1) is 0 Å². The summed E-state index contributed by atoms with van der Waals surface area (Å²) < 4.78 is 1.57. The molecular formula is C8H17N5. The van der Waals surface area contributed by atoms with E-state index in [4.69, 9.17) is 11.5 Å². The lowest BCUT2D eigenvalue weighted by Crippen LogP contribution is -2.32. The minimum atomic E-state index is -0.173. The van der Waals surface area contributed by atoms with Gasteiger partial charge in [-0.05, 0) is 20.3 Å². The van der Waals surface area contributed by atoms with Crippen molar-refractivity contribution in [1.29, 1.82) is 0 Å². The molecule has 5 nitrogen and oxygen atoms in total. The van der Waals surface area contributed by atoms with Gasteiger partial charge in [-0.25, -0.2) is 4.68 Å². The molecule has 0 aliphatic rings. The fourth-order valence-electron chi connectivity index (χ4n) is 0.991. The first-order valence-corrected chi connectivity index (χ1v) is 4.33. The number of hydrogen-bond acceptors (Lipinski definition) is 4. The van der Waals surface area contributed by atoms with Gasteiger partial charge in [0.2, 0.25) is 5.95 Å². The Labute approximate surface area is 78.1 Å². The fourth-order valence-corrected chi connectivity index (χ4v) is 0.991. The van der Waals surface area contributed by atoms with Crippen molar-refractivity contribution < 1.29 is 0 Å². The van der Waals surface area contributed by atoms with Crippen molar-refractivity contribution in [2.75, 3.05) is 5.73 Å². The van der Waals surface area contributed by atoms with E-state index in [1.165, 1.54) is 0 Å². The van der Waals surface area contributed by atoms with Crippen molar-refractivity contribution in [1.82, 2.24) is 14.8 Å². The van der Waals surface area contributed by atoms with Crippen LogP contribution < -0.4 is 11.5 Å². The molecule has 1 aromatic rings. The average molecular weight is 183 g/mol. The molecule has 4 N–H and O–H groups in total. The monoisotopic (exact) mass is 183 g/mol. The van der Waals surface area contributed by atoms with Gasteiger partial charge < -0.3 is 11.5 Å². The van der Waals surface area contributed by atoms with E-state index in [1.54, 1.807) is 11.7 Å². The van der Waals surface area contributed by atoms with E-state index < -0.39 is 0 Å². The van der Waals surface area contributed by atoms with Gasteiger partial charge in [0.25, 0.3) is 0 Å². The van der Waals surface area contributed by atoms with E-state index in [0.717, 1.165) is 18.7 Å². The molecule has 0 radical (unpaired) electrons. The third-order valence-corrected chi connectivity index (χ3v) is 1.83. The maximum atomic E-state index is 5.83. The van der Waals surface area contributed by atoms with E-state index in [1.807, 2.05) is 13.8 Å². The zero-order valence-corrected chi connectivity index (χ0v) is 8.41. The number of nitrogen functional groups attached to an aromatic ring is 1. The van der Waals surface area contributed by atoms with E-state index in [2.05, 4.69) is 10.1 Å². The fraction of sp³-hybridized carbons (Fsp3) is 0.750. The highest BCUT2D eigenvalue weighted by atomic mass is 15.4. The second-order valence-corrected chi connectivity index (χ2v) is 4.00.